The normalized spacial score (nSPS) is 11.6. The van der Waals surface area contributed by atoms with Gasteiger partial charge in [0.15, 0.2) is 6.61 Å². The average molecular weight is 373 g/mol. The molecule has 26 heavy (non-hydrogen) atoms. The Morgan fingerprint density at radius 3 is 2.50 bits per heavy atom. The molecule has 0 aromatic heterocycles. The molecule has 0 bridgehead atoms. The molecule has 5 nitrogen and oxygen atoms in total. The fraction of sp³-hybridized carbons (Fsp3) is 0.300. The van der Waals surface area contributed by atoms with Crippen LogP contribution in [-0.2, 0) is 26.8 Å². The van der Waals surface area contributed by atoms with Crippen molar-refractivity contribution in [3.05, 3.63) is 65.2 Å². The number of carbonyl (C=O) groups excluding carboxylic acids is 2. The lowest BCUT2D eigenvalue weighted by atomic mass is 10.1. The highest BCUT2D eigenvalue weighted by Crippen LogP contribution is 2.15. The number of hydrogen-bond donors (Lipinski definition) is 1. The molecule has 2 aromatic carbocycles. The number of benzene rings is 2. The monoisotopic (exact) mass is 373 g/mol. The summed E-state index contributed by atoms with van der Waals surface area (Å²) in [5.74, 6) is -0.596. The van der Waals surface area contributed by atoms with Gasteiger partial charge in [-0.15, -0.1) is 0 Å². The number of carbonyl (C=O) groups is 2. The minimum Gasteiger partial charge on any atom is -0.452 e. The molecule has 0 aliphatic carbocycles. The molecule has 0 aliphatic heterocycles. The molecule has 2 rings (SSSR count). The molecule has 0 saturated heterocycles. The third kappa shape index (κ3) is 5.52. The van der Waals surface area contributed by atoms with E-state index in [-0.39, 0.29) is 18.1 Å². The summed E-state index contributed by atoms with van der Waals surface area (Å²) in [4.78, 5) is 24.5. The lowest BCUT2D eigenvalue weighted by Crippen LogP contribution is -2.30. The summed E-state index contributed by atoms with van der Waals surface area (Å²) >= 11 is 0. The van der Waals surface area contributed by atoms with E-state index in [1.165, 1.54) is 11.1 Å². The largest absolute Gasteiger partial charge is 0.452 e. The van der Waals surface area contributed by atoms with Gasteiger partial charge in [-0.3, -0.25) is 9.00 Å². The third-order valence-electron chi connectivity index (χ3n) is 3.93. The summed E-state index contributed by atoms with van der Waals surface area (Å²) < 4.78 is 17.1. The lowest BCUT2D eigenvalue weighted by Gasteiger charge is -2.10. The lowest BCUT2D eigenvalue weighted by molar-refractivity contribution is -0.124. The number of amides is 1. The molecule has 0 radical (unpaired) electrons. The van der Waals surface area contributed by atoms with E-state index in [9.17, 15) is 13.8 Å². The van der Waals surface area contributed by atoms with Crippen molar-refractivity contribution in [2.45, 2.75) is 25.2 Å². The summed E-state index contributed by atoms with van der Waals surface area (Å²) in [7, 11) is -1.27. The Morgan fingerprint density at radius 2 is 1.77 bits per heavy atom. The minimum absolute atomic E-state index is 0.236. The van der Waals surface area contributed by atoms with Gasteiger partial charge in [-0.25, -0.2) is 4.79 Å². The van der Waals surface area contributed by atoms with Crippen molar-refractivity contribution in [1.82, 2.24) is 5.32 Å². The number of aryl methyl sites for hydroxylation is 1. The van der Waals surface area contributed by atoms with Crippen LogP contribution >= 0.6 is 0 Å². The van der Waals surface area contributed by atoms with Gasteiger partial charge in [0.25, 0.3) is 5.91 Å². The van der Waals surface area contributed by atoms with Crippen molar-refractivity contribution >= 4 is 22.7 Å². The maximum Gasteiger partial charge on any atom is 0.339 e. The first kappa shape index (κ1) is 19.8. The first-order chi connectivity index (χ1) is 12.5. The average Bonchev–Trinajstić information content (AvgIpc) is 2.67. The van der Waals surface area contributed by atoms with Crippen LogP contribution in [0.3, 0.4) is 0 Å². The van der Waals surface area contributed by atoms with Gasteiger partial charge < -0.3 is 10.1 Å². The molecular formula is C20H23NO4S. The van der Waals surface area contributed by atoms with Gasteiger partial charge >= 0.3 is 5.97 Å². The maximum absolute atomic E-state index is 12.2. The second kappa shape index (κ2) is 9.87. The number of hydrogen-bond acceptors (Lipinski definition) is 4. The zero-order chi connectivity index (χ0) is 18.9. The first-order valence-electron chi connectivity index (χ1n) is 8.48. The van der Waals surface area contributed by atoms with Crippen molar-refractivity contribution in [2.75, 3.05) is 18.9 Å². The third-order valence-corrected chi connectivity index (χ3v) is 5.30. The molecular weight excluding hydrogens is 350 g/mol. The van der Waals surface area contributed by atoms with Gasteiger partial charge in [-0.2, -0.15) is 0 Å². The van der Waals surface area contributed by atoms with E-state index in [2.05, 4.69) is 5.32 Å². The fourth-order valence-electron chi connectivity index (χ4n) is 2.48. The van der Waals surface area contributed by atoms with Gasteiger partial charge in [-0.05, 0) is 36.6 Å². The second-order valence-corrected chi connectivity index (χ2v) is 7.44. The van der Waals surface area contributed by atoms with Crippen LogP contribution in [0.25, 0.3) is 0 Å². The SMILES string of the molecule is CC[S@@](=O)c1ccccc1C(=O)OCC(=O)NCCc1ccccc1C. The molecule has 1 atom stereocenters. The Morgan fingerprint density at radius 1 is 1.08 bits per heavy atom. The van der Waals surface area contributed by atoms with Crippen molar-refractivity contribution in [3.8, 4) is 0 Å². The second-order valence-electron chi connectivity index (χ2n) is 5.73. The molecule has 2 aromatic rings. The van der Waals surface area contributed by atoms with Crippen LogP contribution in [0.2, 0.25) is 0 Å². The van der Waals surface area contributed by atoms with Crippen LogP contribution in [0, 0.1) is 6.92 Å². The van der Waals surface area contributed by atoms with E-state index in [0.29, 0.717) is 23.6 Å². The Hall–Kier alpha value is -2.47. The standard InChI is InChI=1S/C20H23NO4S/c1-3-26(24)18-11-7-6-10-17(18)20(23)25-14-19(22)21-13-12-16-9-5-4-8-15(16)2/h4-11H,3,12-14H2,1-2H3,(H,21,22)/t26-/m1/s1. The molecule has 138 valence electrons. The number of rotatable bonds is 8. The van der Waals surface area contributed by atoms with E-state index in [4.69, 9.17) is 4.74 Å². The molecule has 0 aliphatic rings. The Labute approximate surface area is 156 Å². The van der Waals surface area contributed by atoms with E-state index in [0.717, 1.165) is 0 Å². The highest BCUT2D eigenvalue weighted by atomic mass is 32.2. The van der Waals surface area contributed by atoms with Crippen LogP contribution < -0.4 is 5.32 Å². The van der Waals surface area contributed by atoms with Crippen molar-refractivity contribution in [3.63, 3.8) is 0 Å². The summed E-state index contributed by atoms with van der Waals surface area (Å²) in [5, 5.41) is 2.74. The predicted molar refractivity (Wildman–Crippen MR) is 102 cm³/mol. The number of ether oxygens (including phenoxy) is 1. The molecule has 0 fully saturated rings. The van der Waals surface area contributed by atoms with Crippen molar-refractivity contribution in [2.24, 2.45) is 0 Å². The highest BCUT2D eigenvalue weighted by Gasteiger charge is 2.17. The Bertz CT molecular complexity index is 804. The van der Waals surface area contributed by atoms with Gasteiger partial charge in [0.2, 0.25) is 0 Å². The van der Waals surface area contributed by atoms with Crippen LogP contribution in [0.4, 0.5) is 0 Å². The van der Waals surface area contributed by atoms with Gasteiger partial charge in [-0.1, -0.05) is 43.3 Å². The topological polar surface area (TPSA) is 72.5 Å². The molecule has 0 spiro atoms. The van der Waals surface area contributed by atoms with Crippen molar-refractivity contribution in [1.29, 1.82) is 0 Å². The van der Waals surface area contributed by atoms with Gasteiger partial charge in [0.1, 0.15) is 0 Å². The smallest absolute Gasteiger partial charge is 0.339 e. The molecule has 1 amide bonds. The minimum atomic E-state index is -1.27. The zero-order valence-corrected chi connectivity index (χ0v) is 15.8. The van der Waals surface area contributed by atoms with E-state index in [1.807, 2.05) is 31.2 Å². The van der Waals surface area contributed by atoms with Gasteiger partial charge in [0.05, 0.1) is 21.3 Å². The molecule has 6 heteroatoms. The molecule has 1 N–H and O–H groups in total. The fourth-order valence-corrected chi connectivity index (χ4v) is 3.41. The van der Waals surface area contributed by atoms with E-state index < -0.39 is 16.8 Å². The maximum atomic E-state index is 12.2. The number of esters is 1. The van der Waals surface area contributed by atoms with Crippen LogP contribution in [0.1, 0.15) is 28.4 Å². The highest BCUT2D eigenvalue weighted by molar-refractivity contribution is 7.85. The molecule has 0 unspecified atom stereocenters. The van der Waals surface area contributed by atoms with Gasteiger partial charge in [0, 0.05) is 12.3 Å². The molecule has 0 saturated carbocycles. The van der Waals surface area contributed by atoms with Crippen LogP contribution in [0.15, 0.2) is 53.4 Å². The summed E-state index contributed by atoms with van der Waals surface area (Å²) in [5.41, 5.74) is 2.58. The van der Waals surface area contributed by atoms with E-state index in [1.54, 1.807) is 31.2 Å². The summed E-state index contributed by atoms with van der Waals surface area (Å²) in [6, 6.07) is 14.6. The quantitative estimate of drug-likeness (QED) is 0.722. The van der Waals surface area contributed by atoms with E-state index >= 15 is 0 Å². The molecule has 0 heterocycles. The first-order valence-corrected chi connectivity index (χ1v) is 9.80. The Kier molecular flexibility index (Phi) is 7.53. The number of nitrogens with one attached hydrogen (secondary N) is 1. The zero-order valence-electron chi connectivity index (χ0n) is 15.0. The summed E-state index contributed by atoms with van der Waals surface area (Å²) in [6.07, 6.45) is 0.713. The Balaban J connectivity index is 1.83. The summed E-state index contributed by atoms with van der Waals surface area (Å²) in [6.45, 7) is 3.91. The van der Waals surface area contributed by atoms with Crippen LogP contribution in [-0.4, -0.2) is 35.0 Å². The van der Waals surface area contributed by atoms with Crippen LogP contribution in [0.5, 0.6) is 0 Å². The predicted octanol–water partition coefficient (Wildman–Crippen LogP) is 2.64. The van der Waals surface area contributed by atoms with Crippen molar-refractivity contribution < 1.29 is 18.5 Å².